The van der Waals surface area contributed by atoms with Crippen LogP contribution >= 0.6 is 11.6 Å². The van der Waals surface area contributed by atoms with Crippen LogP contribution in [-0.4, -0.2) is 29.3 Å². The molecule has 1 heterocycles. The van der Waals surface area contributed by atoms with Crippen LogP contribution in [0.2, 0.25) is 5.02 Å². The van der Waals surface area contributed by atoms with Crippen LogP contribution in [0.3, 0.4) is 0 Å². The molecule has 0 saturated heterocycles. The van der Waals surface area contributed by atoms with Gasteiger partial charge in [-0.1, -0.05) is 35.9 Å². The van der Waals surface area contributed by atoms with E-state index >= 15 is 0 Å². The smallest absolute Gasteiger partial charge is 0.276 e. The van der Waals surface area contributed by atoms with Gasteiger partial charge in [-0.15, -0.1) is 10.2 Å². The lowest BCUT2D eigenvalue weighted by Crippen LogP contribution is -2.16. The van der Waals surface area contributed by atoms with Crippen LogP contribution < -0.4 is 15.4 Å². The third kappa shape index (κ3) is 5.44. The van der Waals surface area contributed by atoms with Crippen molar-refractivity contribution in [1.82, 2.24) is 10.2 Å². The average Bonchev–Trinajstić information content (AvgIpc) is 2.70. The number of aromatic nitrogens is 2. The van der Waals surface area contributed by atoms with Gasteiger partial charge in [0.15, 0.2) is 5.69 Å². The molecule has 0 aliphatic carbocycles. The first-order valence-electron chi connectivity index (χ1n) is 9.01. The summed E-state index contributed by atoms with van der Waals surface area (Å²) < 4.78 is 5.51. The van der Waals surface area contributed by atoms with E-state index < -0.39 is 0 Å². The van der Waals surface area contributed by atoms with Gasteiger partial charge in [-0.05, 0) is 55.3 Å². The van der Waals surface area contributed by atoms with E-state index in [0.717, 1.165) is 17.0 Å². The molecule has 3 aromatic rings. The Bertz CT molecular complexity index is 932. The fourth-order valence-corrected chi connectivity index (χ4v) is 2.83. The second-order valence-corrected chi connectivity index (χ2v) is 6.43. The van der Waals surface area contributed by atoms with E-state index in [1.807, 2.05) is 43.3 Å². The highest BCUT2D eigenvalue weighted by Gasteiger charge is 2.11. The maximum Gasteiger partial charge on any atom is 0.276 e. The highest BCUT2D eigenvalue weighted by molar-refractivity contribution is 6.30. The van der Waals surface area contributed by atoms with Crippen molar-refractivity contribution < 1.29 is 9.53 Å². The van der Waals surface area contributed by atoms with E-state index in [0.29, 0.717) is 30.4 Å². The van der Waals surface area contributed by atoms with Gasteiger partial charge in [0.1, 0.15) is 11.6 Å². The predicted octanol–water partition coefficient (Wildman–Crippen LogP) is 4.44. The number of rotatable bonds is 8. The molecule has 0 aliphatic heterocycles. The summed E-state index contributed by atoms with van der Waals surface area (Å²) in [6.45, 7) is 3.09. The van der Waals surface area contributed by atoms with Gasteiger partial charge in [0.25, 0.3) is 5.91 Å². The topological polar surface area (TPSA) is 76.1 Å². The summed E-state index contributed by atoms with van der Waals surface area (Å²) in [5, 5.41) is 14.8. The standard InChI is InChI=1S/C21H21ClN4O2/c1-2-28-19-9-4-3-8-17(19)24-21(27)18-10-11-20(26-25-18)23-13-12-15-6-5-7-16(22)14-15/h3-11,14H,2,12-13H2,1H3,(H,23,26)(H,24,27). The van der Waals surface area contributed by atoms with E-state index in [1.165, 1.54) is 0 Å². The van der Waals surface area contributed by atoms with Gasteiger partial charge in [0.05, 0.1) is 12.3 Å². The Hall–Kier alpha value is -3.12. The van der Waals surface area contributed by atoms with Gasteiger partial charge in [-0.25, -0.2) is 0 Å². The van der Waals surface area contributed by atoms with Gasteiger partial charge >= 0.3 is 0 Å². The molecule has 3 rings (SSSR count). The second-order valence-electron chi connectivity index (χ2n) is 5.99. The fraction of sp³-hybridized carbons (Fsp3) is 0.190. The zero-order chi connectivity index (χ0) is 19.8. The van der Waals surface area contributed by atoms with E-state index in [4.69, 9.17) is 16.3 Å². The molecule has 0 atom stereocenters. The van der Waals surface area contributed by atoms with Crippen LogP contribution in [0.4, 0.5) is 11.5 Å². The van der Waals surface area contributed by atoms with E-state index in [1.54, 1.807) is 24.3 Å². The van der Waals surface area contributed by atoms with Crippen LogP contribution in [0.25, 0.3) is 0 Å². The molecule has 0 fully saturated rings. The van der Waals surface area contributed by atoms with Crippen LogP contribution in [-0.2, 0) is 6.42 Å². The summed E-state index contributed by atoms with van der Waals surface area (Å²) in [4.78, 5) is 12.4. The Balaban J connectivity index is 1.55. The molecule has 0 spiro atoms. The molecule has 144 valence electrons. The zero-order valence-electron chi connectivity index (χ0n) is 15.5. The molecule has 0 bridgehead atoms. The molecule has 2 N–H and O–H groups in total. The van der Waals surface area contributed by atoms with Gasteiger partial charge in [-0.2, -0.15) is 0 Å². The summed E-state index contributed by atoms with van der Waals surface area (Å²) in [6.07, 6.45) is 0.804. The Kier molecular flexibility index (Phi) is 6.81. The number of amides is 1. The quantitative estimate of drug-likeness (QED) is 0.588. The minimum absolute atomic E-state index is 0.228. The molecule has 0 radical (unpaired) electrons. The maximum atomic E-state index is 12.4. The number of anilines is 2. The molecule has 0 aliphatic rings. The van der Waals surface area contributed by atoms with E-state index in [9.17, 15) is 4.79 Å². The number of ether oxygens (including phenoxy) is 1. The van der Waals surface area contributed by atoms with Gasteiger partial charge in [0, 0.05) is 11.6 Å². The fourth-order valence-electron chi connectivity index (χ4n) is 2.61. The highest BCUT2D eigenvalue weighted by Crippen LogP contribution is 2.24. The Morgan fingerprint density at radius 2 is 1.93 bits per heavy atom. The largest absolute Gasteiger partial charge is 0.492 e. The maximum absolute atomic E-state index is 12.4. The average molecular weight is 397 g/mol. The number of hydrogen-bond donors (Lipinski definition) is 2. The molecule has 1 aromatic heterocycles. The molecule has 2 aromatic carbocycles. The summed E-state index contributed by atoms with van der Waals surface area (Å²) in [7, 11) is 0. The van der Waals surface area contributed by atoms with Crippen molar-refractivity contribution in [2.24, 2.45) is 0 Å². The normalized spacial score (nSPS) is 10.4. The van der Waals surface area contributed by atoms with Gasteiger partial charge < -0.3 is 15.4 Å². The van der Waals surface area contributed by atoms with Crippen molar-refractivity contribution in [2.45, 2.75) is 13.3 Å². The lowest BCUT2D eigenvalue weighted by molar-refractivity contribution is 0.102. The molecule has 0 unspecified atom stereocenters. The van der Waals surface area contributed by atoms with Crippen molar-refractivity contribution in [3.63, 3.8) is 0 Å². The van der Waals surface area contributed by atoms with Crippen molar-refractivity contribution in [1.29, 1.82) is 0 Å². The van der Waals surface area contributed by atoms with Gasteiger partial charge in [0.2, 0.25) is 0 Å². The number of nitrogens with zero attached hydrogens (tertiary/aromatic N) is 2. The third-order valence-electron chi connectivity index (χ3n) is 3.94. The Morgan fingerprint density at radius 1 is 1.07 bits per heavy atom. The first-order valence-corrected chi connectivity index (χ1v) is 9.38. The molecule has 0 saturated carbocycles. The number of nitrogens with one attached hydrogen (secondary N) is 2. The summed E-state index contributed by atoms with van der Waals surface area (Å²) in [5.74, 6) is 0.879. The van der Waals surface area contributed by atoms with Crippen molar-refractivity contribution >= 4 is 29.0 Å². The van der Waals surface area contributed by atoms with E-state index in [2.05, 4.69) is 20.8 Å². The minimum Gasteiger partial charge on any atom is -0.492 e. The molecule has 6 nitrogen and oxygen atoms in total. The summed E-state index contributed by atoms with van der Waals surface area (Å²) in [6, 6.07) is 18.4. The molecule has 1 amide bonds. The second kappa shape index (κ2) is 9.71. The number of benzene rings is 2. The lowest BCUT2D eigenvalue weighted by atomic mass is 10.1. The van der Waals surface area contributed by atoms with Crippen molar-refractivity contribution in [3.05, 3.63) is 76.9 Å². The van der Waals surface area contributed by atoms with Crippen LogP contribution in [0.5, 0.6) is 5.75 Å². The number of halogens is 1. The Labute approximate surface area is 168 Å². The van der Waals surface area contributed by atoms with Crippen LogP contribution in [0, 0.1) is 0 Å². The molecular weight excluding hydrogens is 376 g/mol. The first kappa shape index (κ1) is 19.6. The zero-order valence-corrected chi connectivity index (χ0v) is 16.2. The summed E-state index contributed by atoms with van der Waals surface area (Å²) >= 11 is 5.98. The highest BCUT2D eigenvalue weighted by atomic mass is 35.5. The van der Waals surface area contributed by atoms with Crippen molar-refractivity contribution in [2.75, 3.05) is 23.8 Å². The molecule has 7 heteroatoms. The summed E-state index contributed by atoms with van der Waals surface area (Å²) in [5.41, 5.74) is 1.96. The van der Waals surface area contributed by atoms with Gasteiger partial charge in [-0.3, -0.25) is 4.79 Å². The third-order valence-corrected chi connectivity index (χ3v) is 4.18. The Morgan fingerprint density at radius 3 is 2.68 bits per heavy atom. The lowest BCUT2D eigenvalue weighted by Gasteiger charge is -2.11. The number of hydrogen-bond acceptors (Lipinski definition) is 5. The molecule has 28 heavy (non-hydrogen) atoms. The number of carbonyl (C=O) groups is 1. The minimum atomic E-state index is -0.342. The number of carbonyl (C=O) groups excluding carboxylic acids is 1. The first-order chi connectivity index (χ1) is 13.7. The number of para-hydroxylation sites is 2. The van der Waals surface area contributed by atoms with E-state index in [-0.39, 0.29) is 11.6 Å². The predicted molar refractivity (Wildman–Crippen MR) is 111 cm³/mol. The SMILES string of the molecule is CCOc1ccccc1NC(=O)c1ccc(NCCc2cccc(Cl)c2)nn1. The van der Waals surface area contributed by atoms with Crippen LogP contribution in [0.15, 0.2) is 60.7 Å². The van der Waals surface area contributed by atoms with Crippen molar-refractivity contribution in [3.8, 4) is 5.75 Å². The van der Waals surface area contributed by atoms with Crippen LogP contribution in [0.1, 0.15) is 23.0 Å². The molecular formula is C21H21ClN4O2. The monoisotopic (exact) mass is 396 g/mol.